The number of hydrogen-bond acceptors (Lipinski definition) is 4. The van der Waals surface area contributed by atoms with Crippen molar-refractivity contribution in [3.63, 3.8) is 0 Å². The van der Waals surface area contributed by atoms with Crippen LogP contribution in [0.3, 0.4) is 0 Å². The Morgan fingerprint density at radius 1 is 1.69 bits per heavy atom. The smallest absolute Gasteiger partial charge is 0.0625 e. The van der Waals surface area contributed by atoms with Crippen LogP contribution in [0.2, 0.25) is 0 Å². The topological polar surface area (TPSA) is 53.6 Å². The van der Waals surface area contributed by atoms with E-state index in [0.717, 1.165) is 0 Å². The van der Waals surface area contributed by atoms with Crippen LogP contribution in [-0.2, 0) is 0 Å². The molecule has 4 heteroatoms. The Kier molecular flexibility index (Phi) is 5.43. The maximum atomic E-state index is 5.58. The Morgan fingerprint density at radius 2 is 2.31 bits per heavy atom. The van der Waals surface area contributed by atoms with Gasteiger partial charge in [0.15, 0.2) is 0 Å². The Labute approximate surface area is 79.8 Å². The SMILES string of the molecule is C=C/C(N)=C\N(C)C(C)/C=N\NC. The summed E-state index contributed by atoms with van der Waals surface area (Å²) in [6.07, 6.45) is 5.23. The summed E-state index contributed by atoms with van der Waals surface area (Å²) in [6.45, 7) is 5.59. The molecule has 0 amide bonds. The molecule has 0 aromatic carbocycles. The summed E-state index contributed by atoms with van der Waals surface area (Å²) in [6, 6.07) is 0.200. The van der Waals surface area contributed by atoms with Crippen molar-refractivity contribution in [2.75, 3.05) is 14.1 Å². The van der Waals surface area contributed by atoms with E-state index in [9.17, 15) is 0 Å². The molecule has 0 fully saturated rings. The number of nitrogens with two attached hydrogens (primary N) is 1. The third-order valence-electron chi connectivity index (χ3n) is 1.65. The quantitative estimate of drug-likeness (QED) is 0.370. The standard InChI is InChI=1S/C9H18N4/c1-5-9(10)7-13(4)8(2)6-12-11-3/h5-8,11H,1,10H2,2-4H3/b9-7+,12-6-. The van der Waals surface area contributed by atoms with E-state index < -0.39 is 0 Å². The van der Waals surface area contributed by atoms with Crippen molar-refractivity contribution in [2.45, 2.75) is 13.0 Å². The van der Waals surface area contributed by atoms with Crippen LogP contribution in [0.5, 0.6) is 0 Å². The molecule has 0 bridgehead atoms. The van der Waals surface area contributed by atoms with E-state index >= 15 is 0 Å². The molecule has 0 saturated carbocycles. The maximum absolute atomic E-state index is 5.58. The van der Waals surface area contributed by atoms with Crippen molar-refractivity contribution in [3.05, 3.63) is 24.6 Å². The molecule has 0 heterocycles. The predicted octanol–water partition coefficient (Wildman–Crippen LogP) is 0.498. The lowest BCUT2D eigenvalue weighted by molar-refractivity contribution is 0.428. The van der Waals surface area contributed by atoms with Gasteiger partial charge < -0.3 is 16.1 Å². The van der Waals surface area contributed by atoms with E-state index in [1.165, 1.54) is 0 Å². The Bertz CT molecular complexity index is 208. The van der Waals surface area contributed by atoms with Gasteiger partial charge in [0.05, 0.1) is 6.04 Å². The number of nitrogens with zero attached hydrogens (tertiary/aromatic N) is 2. The van der Waals surface area contributed by atoms with Crippen molar-refractivity contribution in [1.82, 2.24) is 10.3 Å². The van der Waals surface area contributed by atoms with Crippen LogP contribution >= 0.6 is 0 Å². The van der Waals surface area contributed by atoms with Gasteiger partial charge in [0.2, 0.25) is 0 Å². The van der Waals surface area contributed by atoms with E-state index in [1.54, 1.807) is 19.3 Å². The molecule has 13 heavy (non-hydrogen) atoms. The minimum atomic E-state index is 0.200. The highest BCUT2D eigenvalue weighted by molar-refractivity contribution is 5.63. The van der Waals surface area contributed by atoms with Crippen LogP contribution in [0.4, 0.5) is 0 Å². The fraction of sp³-hybridized carbons (Fsp3) is 0.444. The predicted molar refractivity (Wildman–Crippen MR) is 57.2 cm³/mol. The lowest BCUT2D eigenvalue weighted by Crippen LogP contribution is -2.26. The molecule has 0 aromatic rings. The van der Waals surface area contributed by atoms with E-state index in [1.807, 2.05) is 25.1 Å². The lowest BCUT2D eigenvalue weighted by atomic mass is 10.3. The first kappa shape index (κ1) is 11.6. The first-order valence-electron chi connectivity index (χ1n) is 4.13. The second-order valence-corrected chi connectivity index (χ2v) is 2.74. The summed E-state index contributed by atoms with van der Waals surface area (Å²) in [5, 5.41) is 3.91. The monoisotopic (exact) mass is 182 g/mol. The molecule has 0 aliphatic rings. The Hall–Kier alpha value is -1.45. The first-order valence-corrected chi connectivity index (χ1v) is 4.13. The molecule has 1 unspecified atom stereocenters. The minimum Gasteiger partial charge on any atom is -0.398 e. The van der Waals surface area contributed by atoms with Gasteiger partial charge in [0, 0.05) is 32.2 Å². The number of nitrogens with one attached hydrogen (secondary N) is 1. The Balaban J connectivity index is 4.17. The molecule has 74 valence electrons. The highest BCUT2D eigenvalue weighted by Gasteiger charge is 2.01. The van der Waals surface area contributed by atoms with Crippen molar-refractivity contribution in [2.24, 2.45) is 10.8 Å². The van der Waals surface area contributed by atoms with Gasteiger partial charge in [-0.25, -0.2) is 0 Å². The van der Waals surface area contributed by atoms with Crippen LogP contribution in [-0.4, -0.2) is 31.3 Å². The lowest BCUT2D eigenvalue weighted by Gasteiger charge is -2.19. The van der Waals surface area contributed by atoms with E-state index in [-0.39, 0.29) is 6.04 Å². The maximum Gasteiger partial charge on any atom is 0.0625 e. The van der Waals surface area contributed by atoms with E-state index in [0.29, 0.717) is 5.70 Å². The normalized spacial score (nSPS) is 14.2. The van der Waals surface area contributed by atoms with Gasteiger partial charge >= 0.3 is 0 Å². The number of rotatable bonds is 5. The average Bonchev–Trinajstić information content (AvgIpc) is 2.13. The molecule has 1 atom stereocenters. The van der Waals surface area contributed by atoms with Crippen LogP contribution in [0.15, 0.2) is 29.7 Å². The molecular formula is C9H18N4. The molecule has 4 nitrogen and oxygen atoms in total. The fourth-order valence-corrected chi connectivity index (χ4v) is 0.693. The third kappa shape index (κ3) is 4.90. The zero-order valence-electron chi connectivity index (χ0n) is 8.49. The van der Waals surface area contributed by atoms with E-state index in [4.69, 9.17) is 5.73 Å². The highest BCUT2D eigenvalue weighted by Crippen LogP contribution is 1.96. The molecule has 0 spiro atoms. The van der Waals surface area contributed by atoms with Gasteiger partial charge in [-0.15, -0.1) is 0 Å². The summed E-state index contributed by atoms with van der Waals surface area (Å²) in [4.78, 5) is 1.96. The largest absolute Gasteiger partial charge is 0.398 e. The molecule has 0 radical (unpaired) electrons. The number of hydrazone groups is 1. The van der Waals surface area contributed by atoms with Crippen LogP contribution in [0.25, 0.3) is 0 Å². The fourth-order valence-electron chi connectivity index (χ4n) is 0.693. The molecule has 0 aliphatic carbocycles. The molecule has 0 saturated heterocycles. The zero-order chi connectivity index (χ0) is 10.3. The van der Waals surface area contributed by atoms with Gasteiger partial charge in [0.25, 0.3) is 0 Å². The summed E-state index contributed by atoms with van der Waals surface area (Å²) in [7, 11) is 3.69. The second-order valence-electron chi connectivity index (χ2n) is 2.74. The minimum absolute atomic E-state index is 0.200. The summed E-state index contributed by atoms with van der Waals surface area (Å²) >= 11 is 0. The third-order valence-corrected chi connectivity index (χ3v) is 1.65. The summed E-state index contributed by atoms with van der Waals surface area (Å²) < 4.78 is 0. The van der Waals surface area contributed by atoms with Gasteiger partial charge in [-0.1, -0.05) is 6.58 Å². The van der Waals surface area contributed by atoms with Gasteiger partial charge in [0.1, 0.15) is 0 Å². The Morgan fingerprint density at radius 3 is 2.77 bits per heavy atom. The number of hydrogen-bond donors (Lipinski definition) is 2. The van der Waals surface area contributed by atoms with Crippen LogP contribution in [0.1, 0.15) is 6.92 Å². The highest BCUT2D eigenvalue weighted by atomic mass is 15.3. The van der Waals surface area contributed by atoms with Crippen molar-refractivity contribution < 1.29 is 0 Å². The summed E-state index contributed by atoms with van der Waals surface area (Å²) in [5.41, 5.74) is 8.92. The van der Waals surface area contributed by atoms with Crippen molar-refractivity contribution in [3.8, 4) is 0 Å². The molecule has 0 rings (SSSR count). The van der Waals surface area contributed by atoms with Gasteiger partial charge in [-0.2, -0.15) is 5.10 Å². The average molecular weight is 182 g/mol. The zero-order valence-corrected chi connectivity index (χ0v) is 8.49. The first-order chi connectivity index (χ1) is 6.11. The van der Waals surface area contributed by atoms with Crippen LogP contribution in [0, 0.1) is 0 Å². The van der Waals surface area contributed by atoms with Crippen LogP contribution < -0.4 is 11.2 Å². The molecular weight excluding hydrogens is 164 g/mol. The molecule has 3 N–H and O–H groups in total. The number of allylic oxidation sites excluding steroid dienone is 1. The summed E-state index contributed by atoms with van der Waals surface area (Å²) in [5.74, 6) is 0. The molecule has 0 aromatic heterocycles. The van der Waals surface area contributed by atoms with Crippen molar-refractivity contribution >= 4 is 6.21 Å². The van der Waals surface area contributed by atoms with Gasteiger partial charge in [-0.05, 0) is 13.0 Å². The van der Waals surface area contributed by atoms with Crippen molar-refractivity contribution in [1.29, 1.82) is 0 Å². The van der Waals surface area contributed by atoms with Gasteiger partial charge in [-0.3, -0.25) is 0 Å². The van der Waals surface area contributed by atoms with E-state index in [2.05, 4.69) is 17.1 Å². The second kappa shape index (κ2) is 6.11. The molecule has 0 aliphatic heterocycles.